The van der Waals surface area contributed by atoms with Gasteiger partial charge in [-0.15, -0.1) is 0 Å². The standard InChI is InChI=1S/C13H27NO2/c1-10(2)14-11(7-15-6)8-16-9-12(14)13(3,4)5/h10-12H,7-9H2,1-6H3. The highest BCUT2D eigenvalue weighted by Crippen LogP contribution is 2.30. The first-order valence-electron chi connectivity index (χ1n) is 6.22. The van der Waals surface area contributed by atoms with Gasteiger partial charge in [0.05, 0.1) is 25.9 Å². The van der Waals surface area contributed by atoms with Gasteiger partial charge in [0.15, 0.2) is 0 Å². The van der Waals surface area contributed by atoms with Gasteiger partial charge < -0.3 is 9.47 Å². The van der Waals surface area contributed by atoms with Gasteiger partial charge in [0.2, 0.25) is 0 Å². The Labute approximate surface area is 100 Å². The monoisotopic (exact) mass is 229 g/mol. The van der Waals surface area contributed by atoms with Crippen molar-refractivity contribution in [1.29, 1.82) is 0 Å². The van der Waals surface area contributed by atoms with Gasteiger partial charge in [-0.25, -0.2) is 0 Å². The summed E-state index contributed by atoms with van der Waals surface area (Å²) >= 11 is 0. The second-order valence-corrected chi connectivity index (χ2v) is 6.07. The van der Waals surface area contributed by atoms with Gasteiger partial charge in [-0.3, -0.25) is 4.90 Å². The third-order valence-corrected chi connectivity index (χ3v) is 3.32. The van der Waals surface area contributed by atoms with E-state index < -0.39 is 0 Å². The van der Waals surface area contributed by atoms with Crippen molar-refractivity contribution < 1.29 is 9.47 Å². The number of methoxy groups -OCH3 is 1. The van der Waals surface area contributed by atoms with Crippen LogP contribution in [0.2, 0.25) is 0 Å². The van der Waals surface area contributed by atoms with E-state index in [-0.39, 0.29) is 5.41 Å². The number of morpholine rings is 1. The van der Waals surface area contributed by atoms with Crippen LogP contribution in [0, 0.1) is 5.41 Å². The molecule has 1 saturated heterocycles. The van der Waals surface area contributed by atoms with E-state index in [0.29, 0.717) is 18.1 Å². The van der Waals surface area contributed by atoms with Crippen molar-refractivity contribution in [1.82, 2.24) is 4.90 Å². The Morgan fingerprint density at radius 2 is 1.94 bits per heavy atom. The lowest BCUT2D eigenvalue weighted by Crippen LogP contribution is -2.60. The number of hydrogen-bond acceptors (Lipinski definition) is 3. The molecule has 1 heterocycles. The van der Waals surface area contributed by atoms with Crippen LogP contribution in [0.15, 0.2) is 0 Å². The molecule has 1 rings (SSSR count). The summed E-state index contributed by atoms with van der Waals surface area (Å²) in [5.41, 5.74) is 0.247. The molecule has 0 aromatic heterocycles. The zero-order valence-electron chi connectivity index (χ0n) is 11.6. The molecule has 96 valence electrons. The van der Waals surface area contributed by atoms with Crippen LogP contribution in [0.25, 0.3) is 0 Å². The Bertz CT molecular complexity index is 208. The molecule has 0 aromatic carbocycles. The summed E-state index contributed by atoms with van der Waals surface area (Å²) in [5, 5.41) is 0. The molecule has 0 amide bonds. The zero-order valence-corrected chi connectivity index (χ0v) is 11.6. The Balaban J connectivity index is 2.82. The van der Waals surface area contributed by atoms with E-state index in [4.69, 9.17) is 9.47 Å². The minimum atomic E-state index is 0.247. The van der Waals surface area contributed by atoms with Gasteiger partial charge in [0.1, 0.15) is 0 Å². The smallest absolute Gasteiger partial charge is 0.0645 e. The SMILES string of the molecule is COCC1COCC(C(C)(C)C)N1C(C)C. The molecule has 1 fully saturated rings. The maximum absolute atomic E-state index is 5.73. The summed E-state index contributed by atoms with van der Waals surface area (Å²) in [7, 11) is 1.76. The fourth-order valence-corrected chi connectivity index (χ4v) is 2.55. The van der Waals surface area contributed by atoms with Crippen molar-refractivity contribution in [3.05, 3.63) is 0 Å². The molecule has 2 atom stereocenters. The normalized spacial score (nSPS) is 28.7. The Kier molecular flexibility index (Phi) is 4.77. The number of nitrogens with zero attached hydrogens (tertiary/aromatic N) is 1. The molecule has 0 saturated carbocycles. The van der Waals surface area contributed by atoms with Crippen LogP contribution in [0.5, 0.6) is 0 Å². The third kappa shape index (κ3) is 3.19. The highest BCUT2D eigenvalue weighted by atomic mass is 16.5. The summed E-state index contributed by atoms with van der Waals surface area (Å²) in [5.74, 6) is 0. The van der Waals surface area contributed by atoms with Crippen molar-refractivity contribution in [2.75, 3.05) is 26.9 Å². The predicted molar refractivity (Wildman–Crippen MR) is 66.7 cm³/mol. The molecule has 16 heavy (non-hydrogen) atoms. The highest BCUT2D eigenvalue weighted by molar-refractivity contribution is 4.91. The van der Waals surface area contributed by atoms with E-state index in [1.165, 1.54) is 0 Å². The lowest BCUT2D eigenvalue weighted by Gasteiger charge is -2.49. The van der Waals surface area contributed by atoms with E-state index in [1.807, 2.05) is 0 Å². The first-order chi connectivity index (χ1) is 7.38. The fraction of sp³-hybridized carbons (Fsp3) is 1.00. The van der Waals surface area contributed by atoms with Gasteiger partial charge >= 0.3 is 0 Å². The van der Waals surface area contributed by atoms with Crippen LogP contribution in [0.3, 0.4) is 0 Å². The third-order valence-electron chi connectivity index (χ3n) is 3.32. The molecule has 0 radical (unpaired) electrons. The summed E-state index contributed by atoms with van der Waals surface area (Å²) < 4.78 is 11.0. The fourth-order valence-electron chi connectivity index (χ4n) is 2.55. The van der Waals surface area contributed by atoms with Crippen LogP contribution >= 0.6 is 0 Å². The van der Waals surface area contributed by atoms with E-state index in [1.54, 1.807) is 7.11 Å². The van der Waals surface area contributed by atoms with E-state index in [9.17, 15) is 0 Å². The number of rotatable bonds is 3. The Morgan fingerprint density at radius 1 is 1.31 bits per heavy atom. The molecule has 0 aliphatic carbocycles. The summed E-state index contributed by atoms with van der Waals surface area (Å²) in [6, 6.07) is 1.40. The second kappa shape index (κ2) is 5.48. The van der Waals surface area contributed by atoms with E-state index in [2.05, 4.69) is 39.5 Å². The zero-order chi connectivity index (χ0) is 12.3. The van der Waals surface area contributed by atoms with E-state index >= 15 is 0 Å². The average Bonchev–Trinajstić information content (AvgIpc) is 2.16. The molecular weight excluding hydrogens is 202 g/mol. The van der Waals surface area contributed by atoms with Gasteiger partial charge in [-0.2, -0.15) is 0 Å². The molecule has 1 aliphatic rings. The van der Waals surface area contributed by atoms with Crippen molar-refractivity contribution in [3.63, 3.8) is 0 Å². The van der Waals surface area contributed by atoms with Crippen LogP contribution in [0.4, 0.5) is 0 Å². The first-order valence-corrected chi connectivity index (χ1v) is 6.22. The molecule has 0 spiro atoms. The molecule has 0 N–H and O–H groups in total. The van der Waals surface area contributed by atoms with Crippen molar-refractivity contribution in [2.24, 2.45) is 5.41 Å². The average molecular weight is 229 g/mol. The summed E-state index contributed by atoms with van der Waals surface area (Å²) in [6.45, 7) is 13.7. The molecule has 2 unspecified atom stereocenters. The maximum Gasteiger partial charge on any atom is 0.0645 e. The molecule has 0 aromatic rings. The largest absolute Gasteiger partial charge is 0.383 e. The van der Waals surface area contributed by atoms with Crippen molar-refractivity contribution in [2.45, 2.75) is 52.7 Å². The molecule has 3 nitrogen and oxygen atoms in total. The number of hydrogen-bond donors (Lipinski definition) is 0. The molecule has 3 heteroatoms. The van der Waals surface area contributed by atoms with E-state index in [0.717, 1.165) is 19.8 Å². The quantitative estimate of drug-likeness (QED) is 0.740. The summed E-state index contributed by atoms with van der Waals surface area (Å²) in [6.07, 6.45) is 0. The van der Waals surface area contributed by atoms with Crippen molar-refractivity contribution in [3.8, 4) is 0 Å². The van der Waals surface area contributed by atoms with Gasteiger partial charge in [-0.1, -0.05) is 20.8 Å². The van der Waals surface area contributed by atoms with Crippen molar-refractivity contribution >= 4 is 0 Å². The topological polar surface area (TPSA) is 21.7 Å². The van der Waals surface area contributed by atoms with Crippen LogP contribution in [-0.2, 0) is 9.47 Å². The van der Waals surface area contributed by atoms with Gasteiger partial charge in [-0.05, 0) is 19.3 Å². The highest BCUT2D eigenvalue weighted by Gasteiger charge is 2.39. The van der Waals surface area contributed by atoms with Crippen LogP contribution in [0.1, 0.15) is 34.6 Å². The van der Waals surface area contributed by atoms with Crippen LogP contribution < -0.4 is 0 Å². The first kappa shape index (κ1) is 13.9. The summed E-state index contributed by atoms with van der Waals surface area (Å²) in [4.78, 5) is 2.56. The predicted octanol–water partition coefficient (Wildman–Crippen LogP) is 2.16. The second-order valence-electron chi connectivity index (χ2n) is 6.07. The lowest BCUT2D eigenvalue weighted by molar-refractivity contribution is -0.113. The maximum atomic E-state index is 5.73. The van der Waals surface area contributed by atoms with Gasteiger partial charge in [0.25, 0.3) is 0 Å². The molecule has 1 aliphatic heterocycles. The lowest BCUT2D eigenvalue weighted by atomic mass is 9.84. The minimum absolute atomic E-state index is 0.247. The Morgan fingerprint density at radius 3 is 2.38 bits per heavy atom. The number of ether oxygens (including phenoxy) is 2. The van der Waals surface area contributed by atoms with Crippen LogP contribution in [-0.4, -0.2) is 50.0 Å². The minimum Gasteiger partial charge on any atom is -0.383 e. The molecular formula is C13H27NO2. The molecule has 0 bridgehead atoms. The Hall–Kier alpha value is -0.120. The van der Waals surface area contributed by atoms with Gasteiger partial charge in [0, 0.05) is 19.2 Å².